The number of rotatable bonds is 5. The number of carbonyl (C=O) groups excluding carboxylic acids is 2. The van der Waals surface area contributed by atoms with E-state index in [-0.39, 0.29) is 25.5 Å². The maximum Gasteiger partial charge on any atom is 0.397 e. The fourth-order valence-electron chi connectivity index (χ4n) is 2.78. The second-order valence-electron chi connectivity index (χ2n) is 6.01. The number of halogens is 3. The maximum absolute atomic E-state index is 12.3. The van der Waals surface area contributed by atoms with Gasteiger partial charge in [-0.1, -0.05) is 25.1 Å². The Morgan fingerprint density at radius 3 is 2.36 bits per heavy atom. The molecule has 8 heteroatoms. The SMILES string of the molecule is CCc1ccccc1NC(=O)CN1CCN(C(=O)CC(F)(F)F)CC1. The van der Waals surface area contributed by atoms with Gasteiger partial charge in [0.2, 0.25) is 11.8 Å². The van der Waals surface area contributed by atoms with Crippen molar-refractivity contribution in [2.45, 2.75) is 25.9 Å². The van der Waals surface area contributed by atoms with Gasteiger partial charge in [-0.15, -0.1) is 0 Å². The number of nitrogens with zero attached hydrogens (tertiary/aromatic N) is 2. The molecule has 1 aromatic carbocycles. The summed E-state index contributed by atoms with van der Waals surface area (Å²) in [5.41, 5.74) is 1.81. The van der Waals surface area contributed by atoms with Gasteiger partial charge in [-0.05, 0) is 18.1 Å². The van der Waals surface area contributed by atoms with Crippen LogP contribution in [0, 0.1) is 0 Å². The van der Waals surface area contributed by atoms with E-state index >= 15 is 0 Å². The van der Waals surface area contributed by atoms with Crippen LogP contribution in [-0.2, 0) is 16.0 Å². The van der Waals surface area contributed by atoms with Crippen molar-refractivity contribution in [3.63, 3.8) is 0 Å². The van der Waals surface area contributed by atoms with Crippen LogP contribution in [-0.4, -0.2) is 60.5 Å². The van der Waals surface area contributed by atoms with Crippen molar-refractivity contribution < 1.29 is 22.8 Å². The molecule has 0 aromatic heterocycles. The predicted molar refractivity (Wildman–Crippen MR) is 88.1 cm³/mol. The van der Waals surface area contributed by atoms with Gasteiger partial charge >= 0.3 is 6.18 Å². The van der Waals surface area contributed by atoms with Crippen LogP contribution in [0.15, 0.2) is 24.3 Å². The molecule has 0 unspecified atom stereocenters. The third-order valence-corrected chi connectivity index (χ3v) is 4.12. The maximum atomic E-state index is 12.3. The fourth-order valence-corrected chi connectivity index (χ4v) is 2.78. The van der Waals surface area contributed by atoms with Crippen LogP contribution >= 0.6 is 0 Å². The lowest BCUT2D eigenvalue weighted by Crippen LogP contribution is -2.51. The van der Waals surface area contributed by atoms with Crippen molar-refractivity contribution in [1.82, 2.24) is 9.80 Å². The Balaban J connectivity index is 1.80. The Kier molecular flexibility index (Phi) is 6.41. The Morgan fingerprint density at radius 1 is 1.12 bits per heavy atom. The van der Waals surface area contributed by atoms with Gasteiger partial charge in [-0.2, -0.15) is 13.2 Å². The highest BCUT2D eigenvalue weighted by atomic mass is 19.4. The highest BCUT2D eigenvalue weighted by Gasteiger charge is 2.34. The molecule has 1 aliphatic heterocycles. The smallest absolute Gasteiger partial charge is 0.340 e. The molecule has 5 nitrogen and oxygen atoms in total. The van der Waals surface area contributed by atoms with E-state index in [1.165, 1.54) is 4.90 Å². The molecule has 25 heavy (non-hydrogen) atoms. The zero-order valence-corrected chi connectivity index (χ0v) is 14.1. The fraction of sp³-hybridized carbons (Fsp3) is 0.529. The third-order valence-electron chi connectivity index (χ3n) is 4.12. The van der Waals surface area contributed by atoms with Crippen LogP contribution in [0.5, 0.6) is 0 Å². The van der Waals surface area contributed by atoms with E-state index in [0.717, 1.165) is 17.7 Å². The van der Waals surface area contributed by atoms with Gasteiger partial charge in [0.1, 0.15) is 6.42 Å². The quantitative estimate of drug-likeness (QED) is 0.880. The number of alkyl halides is 3. The normalized spacial score (nSPS) is 15.9. The first-order valence-corrected chi connectivity index (χ1v) is 8.23. The molecule has 0 bridgehead atoms. The number of nitrogens with one attached hydrogen (secondary N) is 1. The number of para-hydroxylation sites is 1. The van der Waals surface area contributed by atoms with Crippen molar-refractivity contribution in [2.75, 3.05) is 38.0 Å². The summed E-state index contributed by atoms with van der Waals surface area (Å²) in [6, 6.07) is 7.54. The van der Waals surface area contributed by atoms with Gasteiger partial charge in [0.25, 0.3) is 0 Å². The molecule has 0 radical (unpaired) electrons. The van der Waals surface area contributed by atoms with Crippen LogP contribution in [0.3, 0.4) is 0 Å². The molecule has 1 saturated heterocycles. The topological polar surface area (TPSA) is 52.7 Å². The summed E-state index contributed by atoms with van der Waals surface area (Å²) in [5, 5.41) is 2.86. The summed E-state index contributed by atoms with van der Waals surface area (Å²) in [7, 11) is 0. The zero-order valence-electron chi connectivity index (χ0n) is 14.1. The molecule has 2 rings (SSSR count). The van der Waals surface area contributed by atoms with E-state index < -0.39 is 18.5 Å². The van der Waals surface area contributed by atoms with Gasteiger partial charge in [0.05, 0.1) is 6.54 Å². The van der Waals surface area contributed by atoms with Crippen molar-refractivity contribution >= 4 is 17.5 Å². The lowest BCUT2D eigenvalue weighted by atomic mass is 10.1. The third kappa shape index (κ3) is 6.04. The van der Waals surface area contributed by atoms with Crippen molar-refractivity contribution in [2.24, 2.45) is 0 Å². The van der Waals surface area contributed by atoms with E-state index in [4.69, 9.17) is 0 Å². The average molecular weight is 357 g/mol. The Morgan fingerprint density at radius 2 is 1.76 bits per heavy atom. The summed E-state index contributed by atoms with van der Waals surface area (Å²) in [6.07, 6.45) is -5.11. The Bertz CT molecular complexity index is 611. The largest absolute Gasteiger partial charge is 0.397 e. The molecule has 1 aliphatic rings. The van der Waals surface area contributed by atoms with Crippen LogP contribution in [0.2, 0.25) is 0 Å². The van der Waals surface area contributed by atoms with Crippen LogP contribution in [0.4, 0.5) is 18.9 Å². The van der Waals surface area contributed by atoms with Crippen molar-refractivity contribution in [1.29, 1.82) is 0 Å². The molecule has 1 aromatic rings. The van der Waals surface area contributed by atoms with Gasteiger partial charge in [-0.25, -0.2) is 0 Å². The number of carbonyl (C=O) groups is 2. The first-order chi connectivity index (χ1) is 11.8. The summed E-state index contributed by atoms with van der Waals surface area (Å²) < 4.78 is 36.8. The molecular formula is C17H22F3N3O2. The van der Waals surface area contributed by atoms with Gasteiger partial charge in [-0.3, -0.25) is 14.5 Å². The van der Waals surface area contributed by atoms with Crippen LogP contribution in [0.25, 0.3) is 0 Å². The molecule has 1 N–H and O–H groups in total. The molecular weight excluding hydrogens is 335 g/mol. The molecule has 0 spiro atoms. The predicted octanol–water partition coefficient (Wildman–Crippen LogP) is 2.28. The monoisotopic (exact) mass is 357 g/mol. The first-order valence-electron chi connectivity index (χ1n) is 8.23. The van der Waals surface area contributed by atoms with Gasteiger partial charge in [0.15, 0.2) is 0 Å². The number of piperazine rings is 1. The van der Waals surface area contributed by atoms with Crippen molar-refractivity contribution in [3.05, 3.63) is 29.8 Å². The minimum atomic E-state index is -4.49. The van der Waals surface area contributed by atoms with Gasteiger partial charge < -0.3 is 10.2 Å². The Labute approximate surface area is 144 Å². The zero-order chi connectivity index (χ0) is 18.4. The summed E-state index contributed by atoms with van der Waals surface area (Å²) >= 11 is 0. The molecule has 1 heterocycles. The standard InChI is InChI=1S/C17H22F3N3O2/c1-2-13-5-3-4-6-14(13)21-15(24)12-22-7-9-23(10-8-22)16(25)11-17(18,19)20/h3-6H,2,7-12H2,1H3,(H,21,24). The number of hydrogen-bond donors (Lipinski definition) is 1. The minimum absolute atomic E-state index is 0.152. The highest BCUT2D eigenvalue weighted by molar-refractivity contribution is 5.93. The van der Waals surface area contributed by atoms with Gasteiger partial charge in [0, 0.05) is 31.9 Å². The molecule has 0 aliphatic carbocycles. The molecule has 138 valence electrons. The minimum Gasteiger partial charge on any atom is -0.340 e. The number of benzene rings is 1. The Hall–Kier alpha value is -2.09. The second kappa shape index (κ2) is 8.33. The summed E-state index contributed by atoms with van der Waals surface area (Å²) in [5.74, 6) is -1.08. The summed E-state index contributed by atoms with van der Waals surface area (Å²) in [6.45, 7) is 3.32. The first kappa shape index (κ1) is 19.2. The molecule has 0 atom stereocenters. The average Bonchev–Trinajstić information content (AvgIpc) is 2.54. The number of amides is 2. The van der Waals surface area contributed by atoms with E-state index in [1.807, 2.05) is 36.1 Å². The molecule has 2 amide bonds. The van der Waals surface area contributed by atoms with E-state index in [1.54, 1.807) is 0 Å². The number of aryl methyl sites for hydroxylation is 1. The summed E-state index contributed by atoms with van der Waals surface area (Å²) in [4.78, 5) is 26.8. The second-order valence-corrected chi connectivity index (χ2v) is 6.01. The lowest BCUT2D eigenvalue weighted by molar-refractivity contribution is -0.162. The van der Waals surface area contributed by atoms with Crippen molar-refractivity contribution in [3.8, 4) is 0 Å². The van der Waals surface area contributed by atoms with Crippen LogP contribution in [0.1, 0.15) is 18.9 Å². The molecule has 0 saturated carbocycles. The number of anilines is 1. The van der Waals surface area contributed by atoms with E-state index in [0.29, 0.717) is 13.1 Å². The molecule has 1 fully saturated rings. The van der Waals surface area contributed by atoms with E-state index in [9.17, 15) is 22.8 Å². The number of hydrogen-bond acceptors (Lipinski definition) is 3. The lowest BCUT2D eigenvalue weighted by Gasteiger charge is -2.34. The highest BCUT2D eigenvalue weighted by Crippen LogP contribution is 2.21. The van der Waals surface area contributed by atoms with Crippen LogP contribution < -0.4 is 5.32 Å². The van der Waals surface area contributed by atoms with E-state index in [2.05, 4.69) is 5.32 Å².